The smallest absolute Gasteiger partial charge is 0.124 e. The molecule has 3 heteroatoms. The molecule has 3 rings (SSSR count). The van der Waals surface area contributed by atoms with Crippen molar-refractivity contribution in [2.75, 3.05) is 13.1 Å². The summed E-state index contributed by atoms with van der Waals surface area (Å²) < 4.78 is 0. The van der Waals surface area contributed by atoms with Gasteiger partial charge in [0.1, 0.15) is 5.82 Å². The van der Waals surface area contributed by atoms with E-state index in [-0.39, 0.29) is 0 Å². The molecule has 1 aromatic heterocycles. The summed E-state index contributed by atoms with van der Waals surface area (Å²) in [6.07, 6.45) is 2.67. The van der Waals surface area contributed by atoms with E-state index in [1.807, 2.05) is 0 Å². The fraction of sp³-hybridized carbons (Fsp3) is 0.588. The molecule has 2 atom stereocenters. The molecule has 0 radical (unpaired) electrons. The molecular weight excluding hydrogens is 246 g/mol. The summed E-state index contributed by atoms with van der Waals surface area (Å²) in [6.45, 7) is 9.36. The number of nitrogens with one attached hydrogen (secondary N) is 1. The third-order valence-electron chi connectivity index (χ3n) is 4.40. The number of piperidine rings is 1. The van der Waals surface area contributed by atoms with Crippen LogP contribution < -0.4 is 0 Å². The van der Waals surface area contributed by atoms with Gasteiger partial charge in [0, 0.05) is 6.54 Å². The zero-order chi connectivity index (χ0) is 14.1. The minimum Gasteiger partial charge on any atom is -0.341 e. The second-order valence-corrected chi connectivity index (χ2v) is 6.57. The van der Waals surface area contributed by atoms with Gasteiger partial charge in [0.25, 0.3) is 0 Å². The van der Waals surface area contributed by atoms with E-state index in [4.69, 9.17) is 4.98 Å². The number of H-pyrrole nitrogens is 1. The van der Waals surface area contributed by atoms with Crippen molar-refractivity contribution < 1.29 is 0 Å². The number of nitrogens with zero attached hydrogens (tertiary/aromatic N) is 2. The van der Waals surface area contributed by atoms with Gasteiger partial charge in [0.15, 0.2) is 0 Å². The van der Waals surface area contributed by atoms with E-state index in [1.54, 1.807) is 0 Å². The summed E-state index contributed by atoms with van der Waals surface area (Å²) in [5.41, 5.74) is 2.23. The third-order valence-corrected chi connectivity index (χ3v) is 4.40. The van der Waals surface area contributed by atoms with Crippen LogP contribution >= 0.6 is 0 Å². The van der Waals surface area contributed by atoms with Crippen molar-refractivity contribution >= 4 is 11.0 Å². The molecule has 1 aliphatic heterocycles. The first-order valence-electron chi connectivity index (χ1n) is 7.84. The van der Waals surface area contributed by atoms with Crippen LogP contribution in [-0.4, -0.2) is 28.0 Å². The van der Waals surface area contributed by atoms with Crippen molar-refractivity contribution in [2.24, 2.45) is 11.8 Å². The van der Waals surface area contributed by atoms with Crippen LogP contribution in [0.3, 0.4) is 0 Å². The van der Waals surface area contributed by atoms with Crippen LogP contribution in [0.15, 0.2) is 24.3 Å². The number of fused-ring (bicyclic) bond motifs is 1. The molecule has 2 aromatic rings. The average Bonchev–Trinajstić information content (AvgIpc) is 2.81. The summed E-state index contributed by atoms with van der Waals surface area (Å²) >= 11 is 0. The molecule has 1 N–H and O–H groups in total. The zero-order valence-corrected chi connectivity index (χ0v) is 12.8. The Balaban J connectivity index is 1.93. The maximum atomic E-state index is 4.84. The second kappa shape index (κ2) is 5.57. The van der Waals surface area contributed by atoms with Gasteiger partial charge in [-0.1, -0.05) is 32.9 Å². The van der Waals surface area contributed by atoms with Gasteiger partial charge in [0.05, 0.1) is 17.1 Å². The first-order valence-corrected chi connectivity index (χ1v) is 7.84. The Hall–Kier alpha value is -1.35. The summed E-state index contributed by atoms with van der Waals surface area (Å²) in [5.74, 6) is 2.51. The highest BCUT2D eigenvalue weighted by Crippen LogP contribution is 2.31. The number of aromatic nitrogens is 2. The predicted octanol–water partition coefficient (Wildman–Crippen LogP) is 3.99. The molecule has 0 amide bonds. The standard InChI is InChI=1S/C17H25N3/c1-12(2)16(20-10-6-7-13(3)11-20)17-18-14-8-4-5-9-15(14)19-17/h4-5,8-9,12-13,16H,6-7,10-11H2,1-3H3,(H,18,19). The fourth-order valence-corrected chi connectivity index (χ4v) is 3.50. The van der Waals surface area contributed by atoms with Gasteiger partial charge in [-0.3, -0.25) is 4.90 Å². The fourth-order valence-electron chi connectivity index (χ4n) is 3.50. The van der Waals surface area contributed by atoms with E-state index in [9.17, 15) is 0 Å². The number of para-hydroxylation sites is 2. The van der Waals surface area contributed by atoms with Gasteiger partial charge < -0.3 is 4.98 Å². The maximum absolute atomic E-state index is 4.84. The summed E-state index contributed by atoms with van der Waals surface area (Å²) in [5, 5.41) is 0. The molecule has 1 saturated heterocycles. The monoisotopic (exact) mass is 271 g/mol. The Bertz CT molecular complexity index is 539. The van der Waals surface area contributed by atoms with Crippen LogP contribution in [0.4, 0.5) is 0 Å². The molecule has 0 spiro atoms. The molecule has 108 valence electrons. The third kappa shape index (κ3) is 2.59. The molecule has 20 heavy (non-hydrogen) atoms. The number of hydrogen-bond donors (Lipinski definition) is 1. The van der Waals surface area contributed by atoms with Gasteiger partial charge in [0.2, 0.25) is 0 Å². The van der Waals surface area contributed by atoms with Gasteiger partial charge in [-0.2, -0.15) is 0 Å². The van der Waals surface area contributed by atoms with Gasteiger partial charge in [-0.15, -0.1) is 0 Å². The van der Waals surface area contributed by atoms with E-state index in [0.29, 0.717) is 12.0 Å². The zero-order valence-electron chi connectivity index (χ0n) is 12.8. The van der Waals surface area contributed by atoms with E-state index in [2.05, 4.69) is 54.9 Å². The highest BCUT2D eigenvalue weighted by atomic mass is 15.2. The molecule has 0 aliphatic carbocycles. The Morgan fingerprint density at radius 2 is 2.10 bits per heavy atom. The maximum Gasteiger partial charge on any atom is 0.124 e. The number of aromatic amines is 1. The van der Waals surface area contributed by atoms with E-state index in [1.165, 1.54) is 25.9 Å². The van der Waals surface area contributed by atoms with Gasteiger partial charge in [-0.05, 0) is 43.4 Å². The Kier molecular flexibility index (Phi) is 3.79. The van der Waals surface area contributed by atoms with Crippen molar-refractivity contribution in [1.29, 1.82) is 0 Å². The first kappa shape index (κ1) is 13.6. The van der Waals surface area contributed by atoms with Gasteiger partial charge in [-0.25, -0.2) is 4.98 Å². The molecule has 1 aromatic carbocycles. The lowest BCUT2D eigenvalue weighted by molar-refractivity contribution is 0.0963. The summed E-state index contributed by atoms with van der Waals surface area (Å²) in [4.78, 5) is 11.0. The number of imidazole rings is 1. The predicted molar refractivity (Wildman–Crippen MR) is 83.6 cm³/mol. The van der Waals surface area contributed by atoms with E-state index in [0.717, 1.165) is 22.8 Å². The van der Waals surface area contributed by atoms with Crippen LogP contribution in [-0.2, 0) is 0 Å². The quantitative estimate of drug-likeness (QED) is 0.915. The molecule has 1 fully saturated rings. The molecule has 2 heterocycles. The van der Waals surface area contributed by atoms with Crippen molar-refractivity contribution in [3.8, 4) is 0 Å². The Labute approximate surface area is 121 Å². The topological polar surface area (TPSA) is 31.9 Å². The SMILES string of the molecule is CC1CCCN(C(c2nc3ccccc3[nH]2)C(C)C)C1. The van der Waals surface area contributed by atoms with Crippen molar-refractivity contribution in [2.45, 2.75) is 39.7 Å². The Morgan fingerprint density at radius 3 is 2.80 bits per heavy atom. The lowest BCUT2D eigenvalue weighted by atomic mass is 9.94. The largest absolute Gasteiger partial charge is 0.341 e. The van der Waals surface area contributed by atoms with Crippen LogP contribution in [0.1, 0.15) is 45.5 Å². The van der Waals surface area contributed by atoms with Crippen LogP contribution in [0.5, 0.6) is 0 Å². The number of likely N-dealkylation sites (tertiary alicyclic amines) is 1. The first-order chi connectivity index (χ1) is 9.65. The lowest BCUT2D eigenvalue weighted by Gasteiger charge is -2.38. The van der Waals surface area contributed by atoms with Crippen LogP contribution in [0.25, 0.3) is 11.0 Å². The number of rotatable bonds is 3. The van der Waals surface area contributed by atoms with Gasteiger partial charge >= 0.3 is 0 Å². The average molecular weight is 271 g/mol. The highest BCUT2D eigenvalue weighted by molar-refractivity contribution is 5.74. The van der Waals surface area contributed by atoms with Crippen LogP contribution in [0, 0.1) is 11.8 Å². The molecular formula is C17H25N3. The lowest BCUT2D eigenvalue weighted by Crippen LogP contribution is -2.39. The second-order valence-electron chi connectivity index (χ2n) is 6.57. The van der Waals surface area contributed by atoms with Crippen molar-refractivity contribution in [1.82, 2.24) is 14.9 Å². The van der Waals surface area contributed by atoms with Crippen molar-refractivity contribution in [3.05, 3.63) is 30.1 Å². The summed E-state index contributed by atoms with van der Waals surface area (Å²) in [6, 6.07) is 8.73. The molecule has 3 nitrogen and oxygen atoms in total. The number of benzene rings is 1. The minimum atomic E-state index is 0.408. The molecule has 2 unspecified atom stereocenters. The summed E-state index contributed by atoms with van der Waals surface area (Å²) in [7, 11) is 0. The molecule has 0 saturated carbocycles. The number of hydrogen-bond acceptors (Lipinski definition) is 2. The van der Waals surface area contributed by atoms with E-state index < -0.39 is 0 Å². The Morgan fingerprint density at radius 1 is 1.30 bits per heavy atom. The minimum absolute atomic E-state index is 0.408. The van der Waals surface area contributed by atoms with E-state index >= 15 is 0 Å². The van der Waals surface area contributed by atoms with Crippen LogP contribution in [0.2, 0.25) is 0 Å². The molecule has 0 bridgehead atoms. The highest BCUT2D eigenvalue weighted by Gasteiger charge is 2.29. The molecule has 1 aliphatic rings. The van der Waals surface area contributed by atoms with Crippen molar-refractivity contribution in [3.63, 3.8) is 0 Å². The normalized spacial score (nSPS) is 22.5.